The molecule has 2 aromatic carbocycles. The second-order valence-corrected chi connectivity index (χ2v) is 6.72. The van der Waals surface area contributed by atoms with Crippen LogP contribution in [0.1, 0.15) is 21.5 Å². The van der Waals surface area contributed by atoms with Crippen LogP contribution in [0.3, 0.4) is 0 Å². The summed E-state index contributed by atoms with van der Waals surface area (Å²) in [6.45, 7) is -0.384. The zero-order valence-corrected chi connectivity index (χ0v) is 15.9. The Morgan fingerprint density at radius 2 is 2.00 bits per heavy atom. The van der Waals surface area contributed by atoms with Crippen molar-refractivity contribution >= 4 is 27.7 Å². The second-order valence-electron chi connectivity index (χ2n) is 5.87. The van der Waals surface area contributed by atoms with E-state index in [4.69, 9.17) is 0 Å². The van der Waals surface area contributed by atoms with Crippen molar-refractivity contribution < 1.29 is 18.3 Å². The van der Waals surface area contributed by atoms with Crippen LogP contribution in [0.15, 0.2) is 59.2 Å². The van der Waals surface area contributed by atoms with E-state index >= 15 is 0 Å². The molecular weight excluding hydrogens is 420 g/mol. The Balaban J connectivity index is 1.71. The molecule has 5 nitrogen and oxygen atoms in total. The third-order valence-electron chi connectivity index (χ3n) is 3.74. The lowest BCUT2D eigenvalue weighted by Crippen LogP contribution is -2.13. The van der Waals surface area contributed by atoms with Gasteiger partial charge in [-0.1, -0.05) is 35.9 Å². The van der Waals surface area contributed by atoms with Gasteiger partial charge in [-0.05, 0) is 46.6 Å². The Morgan fingerprint density at radius 3 is 2.70 bits per heavy atom. The van der Waals surface area contributed by atoms with Crippen molar-refractivity contribution in [3.63, 3.8) is 0 Å². The molecule has 0 fully saturated rings. The minimum absolute atomic E-state index is 0.0818. The van der Waals surface area contributed by atoms with E-state index < -0.39 is 12.5 Å². The number of nitrogens with one attached hydrogen (secondary N) is 1. The molecule has 0 radical (unpaired) electrons. The van der Waals surface area contributed by atoms with E-state index in [2.05, 4.69) is 31.1 Å². The molecule has 1 N–H and O–H groups in total. The molecule has 1 heterocycles. The lowest BCUT2D eigenvalue weighted by atomic mass is 10.1. The predicted octanol–water partition coefficient (Wildman–Crippen LogP) is 4.86. The highest BCUT2D eigenvalue weighted by atomic mass is 79.9. The molecule has 0 atom stereocenters. The van der Waals surface area contributed by atoms with Gasteiger partial charge in [-0.25, -0.2) is 0 Å². The Labute approximate surface area is 163 Å². The minimum atomic E-state index is -2.95. The number of alkyl halides is 2. The van der Waals surface area contributed by atoms with Gasteiger partial charge in [0.1, 0.15) is 5.75 Å². The van der Waals surface area contributed by atoms with Gasteiger partial charge in [0.25, 0.3) is 5.91 Å². The van der Waals surface area contributed by atoms with Gasteiger partial charge >= 0.3 is 6.61 Å². The van der Waals surface area contributed by atoms with E-state index in [1.807, 2.05) is 31.2 Å². The summed E-state index contributed by atoms with van der Waals surface area (Å²) in [7, 11) is 0. The maximum atomic E-state index is 12.4. The summed E-state index contributed by atoms with van der Waals surface area (Å²) in [4.78, 5) is 12.4. The minimum Gasteiger partial charge on any atom is -0.435 e. The number of aromatic nitrogens is 2. The molecule has 1 aromatic heterocycles. The fourth-order valence-electron chi connectivity index (χ4n) is 2.44. The first-order chi connectivity index (χ1) is 12.9. The van der Waals surface area contributed by atoms with Crippen LogP contribution < -0.4 is 10.1 Å². The summed E-state index contributed by atoms with van der Waals surface area (Å²) >= 11 is 3.37. The molecule has 3 rings (SSSR count). The van der Waals surface area contributed by atoms with Crippen LogP contribution in [0.2, 0.25) is 0 Å². The van der Waals surface area contributed by atoms with Crippen LogP contribution in [0.4, 0.5) is 14.6 Å². The van der Waals surface area contributed by atoms with Crippen LogP contribution in [-0.4, -0.2) is 22.3 Å². The van der Waals surface area contributed by atoms with Crippen molar-refractivity contribution in [2.24, 2.45) is 0 Å². The lowest BCUT2D eigenvalue weighted by molar-refractivity contribution is -0.0498. The number of anilines is 1. The average Bonchev–Trinajstić information content (AvgIpc) is 2.95. The number of hydrogen-bond acceptors (Lipinski definition) is 3. The van der Waals surface area contributed by atoms with E-state index in [0.29, 0.717) is 16.8 Å². The molecule has 0 aliphatic carbocycles. The molecule has 140 valence electrons. The average molecular weight is 436 g/mol. The van der Waals surface area contributed by atoms with Crippen molar-refractivity contribution in [2.45, 2.75) is 20.1 Å². The Bertz CT molecular complexity index is 942. The summed E-state index contributed by atoms with van der Waals surface area (Å²) < 4.78 is 31.3. The second kappa shape index (κ2) is 8.30. The van der Waals surface area contributed by atoms with Crippen molar-refractivity contribution in [1.82, 2.24) is 9.78 Å². The van der Waals surface area contributed by atoms with Crippen LogP contribution in [-0.2, 0) is 6.54 Å². The lowest BCUT2D eigenvalue weighted by Gasteiger charge is -2.07. The molecule has 8 heteroatoms. The number of amides is 1. The van der Waals surface area contributed by atoms with Crippen LogP contribution in [0, 0.1) is 6.92 Å². The number of halogens is 3. The maximum absolute atomic E-state index is 12.4. The predicted molar refractivity (Wildman–Crippen MR) is 101 cm³/mol. The zero-order chi connectivity index (χ0) is 19.4. The molecule has 0 aliphatic heterocycles. The van der Waals surface area contributed by atoms with Gasteiger partial charge in [0.05, 0.1) is 11.0 Å². The molecule has 0 unspecified atom stereocenters. The van der Waals surface area contributed by atoms with Gasteiger partial charge in [0.2, 0.25) is 0 Å². The first-order valence-electron chi connectivity index (χ1n) is 8.05. The normalized spacial score (nSPS) is 10.9. The number of rotatable bonds is 6. The molecule has 0 saturated carbocycles. The molecule has 1 amide bonds. The zero-order valence-electron chi connectivity index (χ0n) is 14.3. The molecule has 0 aliphatic rings. The smallest absolute Gasteiger partial charge is 0.387 e. The summed E-state index contributed by atoms with van der Waals surface area (Å²) in [5, 5.41) is 7.01. The highest BCUT2D eigenvalue weighted by Gasteiger charge is 2.14. The van der Waals surface area contributed by atoms with Gasteiger partial charge in [0, 0.05) is 11.8 Å². The van der Waals surface area contributed by atoms with Gasteiger partial charge < -0.3 is 10.1 Å². The molecular formula is C19H16BrF2N3O2. The van der Waals surface area contributed by atoms with E-state index in [0.717, 1.165) is 5.56 Å². The molecule has 27 heavy (non-hydrogen) atoms. The van der Waals surface area contributed by atoms with Crippen molar-refractivity contribution in [2.75, 3.05) is 5.32 Å². The fraction of sp³-hybridized carbons (Fsp3) is 0.158. The third-order valence-corrected chi connectivity index (χ3v) is 4.32. The quantitative estimate of drug-likeness (QED) is 0.601. The number of ether oxygens (including phenoxy) is 1. The van der Waals surface area contributed by atoms with Crippen LogP contribution in [0.25, 0.3) is 0 Å². The molecule has 0 saturated heterocycles. The first kappa shape index (κ1) is 19.0. The van der Waals surface area contributed by atoms with E-state index in [9.17, 15) is 13.6 Å². The Morgan fingerprint density at radius 1 is 1.26 bits per heavy atom. The number of benzene rings is 2. The van der Waals surface area contributed by atoms with Crippen LogP contribution >= 0.6 is 15.9 Å². The Kier molecular flexibility index (Phi) is 5.85. The standard InChI is InChI=1S/C19H16BrF2N3O2/c1-12-5-7-13(8-6-12)10-25-11-16(20)17(24-25)23-18(26)14-3-2-4-15(9-14)27-19(21)22/h2-9,11,19H,10H2,1H3,(H,23,24,26). The van der Waals surface area contributed by atoms with Crippen molar-refractivity contribution in [3.8, 4) is 5.75 Å². The number of hydrogen-bond donors (Lipinski definition) is 1. The summed E-state index contributed by atoms with van der Waals surface area (Å²) in [6.07, 6.45) is 1.76. The van der Waals surface area contributed by atoms with Gasteiger partial charge in [0.15, 0.2) is 5.82 Å². The fourth-order valence-corrected chi connectivity index (χ4v) is 2.85. The topological polar surface area (TPSA) is 56.2 Å². The highest BCUT2D eigenvalue weighted by molar-refractivity contribution is 9.10. The first-order valence-corrected chi connectivity index (χ1v) is 8.85. The number of nitrogens with zero attached hydrogens (tertiary/aromatic N) is 2. The largest absolute Gasteiger partial charge is 0.435 e. The molecule has 0 bridgehead atoms. The van der Waals surface area contributed by atoms with Gasteiger partial charge in [-0.2, -0.15) is 13.9 Å². The monoisotopic (exact) mass is 435 g/mol. The maximum Gasteiger partial charge on any atom is 0.387 e. The van der Waals surface area contributed by atoms with E-state index in [1.54, 1.807) is 10.9 Å². The Hall–Kier alpha value is -2.74. The molecule has 3 aromatic rings. The molecule has 0 spiro atoms. The number of carbonyl (C=O) groups is 1. The van der Waals surface area contributed by atoms with E-state index in [-0.39, 0.29) is 11.3 Å². The number of carbonyl (C=O) groups excluding carboxylic acids is 1. The van der Waals surface area contributed by atoms with E-state index in [1.165, 1.54) is 29.8 Å². The van der Waals surface area contributed by atoms with Crippen molar-refractivity contribution in [1.29, 1.82) is 0 Å². The SMILES string of the molecule is Cc1ccc(Cn2cc(Br)c(NC(=O)c3cccc(OC(F)F)c3)n2)cc1. The number of aryl methyl sites for hydroxylation is 1. The van der Waals surface area contributed by atoms with Gasteiger partial charge in [-0.15, -0.1) is 0 Å². The summed E-state index contributed by atoms with van der Waals surface area (Å²) in [5.74, 6) is -0.218. The third kappa shape index (κ3) is 5.13. The summed E-state index contributed by atoms with van der Waals surface area (Å²) in [6, 6.07) is 13.6. The van der Waals surface area contributed by atoms with Crippen LogP contribution in [0.5, 0.6) is 5.75 Å². The highest BCUT2D eigenvalue weighted by Crippen LogP contribution is 2.23. The summed E-state index contributed by atoms with van der Waals surface area (Å²) in [5.41, 5.74) is 2.44. The van der Waals surface area contributed by atoms with Gasteiger partial charge in [-0.3, -0.25) is 9.48 Å². The van der Waals surface area contributed by atoms with Crippen molar-refractivity contribution in [3.05, 3.63) is 75.9 Å².